The Labute approximate surface area is 219 Å². The van der Waals surface area contributed by atoms with E-state index >= 15 is 0 Å². The zero-order valence-electron chi connectivity index (χ0n) is 20.6. The van der Waals surface area contributed by atoms with Crippen molar-refractivity contribution in [3.05, 3.63) is 114 Å². The Hall–Kier alpha value is -5.04. The first-order chi connectivity index (χ1) is 18.5. The molecule has 1 N–H and O–H groups in total. The highest BCUT2D eigenvalue weighted by Crippen LogP contribution is 2.30. The molecule has 1 heterocycles. The van der Waals surface area contributed by atoms with Crippen molar-refractivity contribution in [1.29, 1.82) is 0 Å². The second-order valence-electron chi connectivity index (χ2n) is 8.64. The van der Waals surface area contributed by atoms with Gasteiger partial charge in [0.2, 0.25) is 0 Å². The van der Waals surface area contributed by atoms with Crippen LogP contribution in [0.1, 0.15) is 26.3 Å². The maximum absolute atomic E-state index is 13.1. The van der Waals surface area contributed by atoms with Crippen molar-refractivity contribution in [1.82, 2.24) is 10.3 Å². The number of rotatable bonds is 7. The van der Waals surface area contributed by atoms with Gasteiger partial charge in [-0.2, -0.15) is 0 Å². The number of amides is 1. The van der Waals surface area contributed by atoms with Gasteiger partial charge in [-0.25, -0.2) is 14.6 Å². The zero-order chi connectivity index (χ0) is 26.5. The van der Waals surface area contributed by atoms with Gasteiger partial charge in [-0.15, -0.1) is 0 Å². The van der Waals surface area contributed by atoms with Crippen LogP contribution in [0.3, 0.4) is 0 Å². The molecule has 38 heavy (non-hydrogen) atoms. The van der Waals surface area contributed by atoms with Crippen LogP contribution in [0.4, 0.5) is 0 Å². The van der Waals surface area contributed by atoms with Crippen LogP contribution in [0.15, 0.2) is 97.1 Å². The molecule has 1 aromatic heterocycles. The van der Waals surface area contributed by atoms with Crippen LogP contribution in [0, 0.1) is 0 Å². The number of carbonyl (C=O) groups is 3. The van der Waals surface area contributed by atoms with E-state index in [1.807, 2.05) is 66.7 Å². The molecule has 0 radical (unpaired) electrons. The van der Waals surface area contributed by atoms with Crippen molar-refractivity contribution in [2.24, 2.45) is 0 Å². The average molecular weight is 505 g/mol. The summed E-state index contributed by atoms with van der Waals surface area (Å²) in [5.74, 6) is -1.48. The summed E-state index contributed by atoms with van der Waals surface area (Å²) >= 11 is 0. The van der Waals surface area contributed by atoms with E-state index in [9.17, 15) is 14.4 Å². The standard InChI is InChI=1S/C31H24N2O5/c1-37-30(35)22-15-13-20(14-16-22)18-32-29(34)19-38-31(36)26-17-28(33-27-12-5-4-10-25(26)27)24-11-6-8-21-7-2-3-9-23(21)24/h2-17H,18-19H2,1H3,(H,32,34). The topological polar surface area (TPSA) is 94.6 Å². The first kappa shape index (κ1) is 24.6. The second kappa shape index (κ2) is 10.9. The largest absolute Gasteiger partial charge is 0.465 e. The van der Waals surface area contributed by atoms with Crippen molar-refractivity contribution in [2.45, 2.75) is 6.54 Å². The highest BCUT2D eigenvalue weighted by Gasteiger charge is 2.17. The molecular weight excluding hydrogens is 480 g/mol. The normalized spacial score (nSPS) is 10.8. The average Bonchev–Trinajstić information content (AvgIpc) is 2.97. The van der Waals surface area contributed by atoms with Gasteiger partial charge in [0.1, 0.15) is 0 Å². The summed E-state index contributed by atoms with van der Waals surface area (Å²) in [7, 11) is 1.32. The van der Waals surface area contributed by atoms with Gasteiger partial charge in [0.15, 0.2) is 6.61 Å². The molecule has 1 amide bonds. The molecule has 5 aromatic rings. The number of esters is 2. The summed E-state index contributed by atoms with van der Waals surface area (Å²) in [5, 5.41) is 5.46. The van der Waals surface area contributed by atoms with E-state index in [1.165, 1.54) is 7.11 Å². The molecule has 0 aliphatic heterocycles. The third-order valence-corrected chi connectivity index (χ3v) is 6.20. The predicted molar refractivity (Wildman–Crippen MR) is 145 cm³/mol. The number of aromatic nitrogens is 1. The van der Waals surface area contributed by atoms with E-state index in [4.69, 9.17) is 9.72 Å². The molecule has 0 fully saturated rings. The van der Waals surface area contributed by atoms with Crippen LogP contribution in [-0.4, -0.2) is 36.5 Å². The highest BCUT2D eigenvalue weighted by molar-refractivity contribution is 6.06. The quantitative estimate of drug-likeness (QED) is 0.302. The van der Waals surface area contributed by atoms with Gasteiger partial charge < -0.3 is 14.8 Å². The summed E-state index contributed by atoms with van der Waals surface area (Å²) in [6.45, 7) is -0.208. The van der Waals surface area contributed by atoms with Gasteiger partial charge >= 0.3 is 11.9 Å². The highest BCUT2D eigenvalue weighted by atomic mass is 16.5. The summed E-state index contributed by atoms with van der Waals surface area (Å²) in [5.41, 5.74) is 3.75. The summed E-state index contributed by atoms with van der Waals surface area (Å²) in [6.07, 6.45) is 0. The predicted octanol–water partition coefficient (Wildman–Crippen LogP) is 5.31. The molecule has 0 aliphatic carbocycles. The third-order valence-electron chi connectivity index (χ3n) is 6.20. The fourth-order valence-corrected chi connectivity index (χ4v) is 4.27. The smallest absolute Gasteiger partial charge is 0.339 e. The maximum Gasteiger partial charge on any atom is 0.339 e. The van der Waals surface area contributed by atoms with Crippen LogP contribution in [0.5, 0.6) is 0 Å². The van der Waals surface area contributed by atoms with Gasteiger partial charge in [0, 0.05) is 17.5 Å². The van der Waals surface area contributed by atoms with Gasteiger partial charge in [0.25, 0.3) is 5.91 Å². The monoisotopic (exact) mass is 504 g/mol. The summed E-state index contributed by atoms with van der Waals surface area (Å²) in [4.78, 5) is 41.9. The van der Waals surface area contributed by atoms with Crippen LogP contribution in [0.2, 0.25) is 0 Å². The van der Waals surface area contributed by atoms with Crippen LogP contribution in [-0.2, 0) is 20.8 Å². The number of carbonyl (C=O) groups excluding carboxylic acids is 3. The minimum atomic E-state index is -0.609. The summed E-state index contributed by atoms with van der Waals surface area (Å²) < 4.78 is 10.1. The van der Waals surface area contributed by atoms with Crippen molar-refractivity contribution >= 4 is 39.5 Å². The number of methoxy groups -OCH3 is 1. The number of para-hydroxylation sites is 1. The Bertz CT molecular complexity index is 1660. The Morgan fingerprint density at radius 3 is 2.29 bits per heavy atom. The zero-order valence-corrected chi connectivity index (χ0v) is 20.6. The minimum Gasteiger partial charge on any atom is -0.465 e. The Morgan fingerprint density at radius 1 is 0.789 bits per heavy atom. The summed E-state index contributed by atoms with van der Waals surface area (Å²) in [6, 6.07) is 29.7. The molecule has 0 aliphatic rings. The van der Waals surface area contributed by atoms with Gasteiger partial charge in [-0.05, 0) is 40.6 Å². The number of hydrogen-bond donors (Lipinski definition) is 1. The molecule has 7 nitrogen and oxygen atoms in total. The lowest BCUT2D eigenvalue weighted by Gasteiger charge is -2.12. The molecule has 5 rings (SSSR count). The lowest BCUT2D eigenvalue weighted by Crippen LogP contribution is -2.28. The maximum atomic E-state index is 13.1. The van der Waals surface area contributed by atoms with Crippen LogP contribution in [0.25, 0.3) is 32.9 Å². The van der Waals surface area contributed by atoms with Crippen LogP contribution < -0.4 is 5.32 Å². The van der Waals surface area contributed by atoms with E-state index in [1.54, 1.807) is 30.3 Å². The molecule has 0 saturated heterocycles. The minimum absolute atomic E-state index is 0.223. The molecule has 7 heteroatoms. The number of ether oxygens (including phenoxy) is 2. The van der Waals surface area contributed by atoms with E-state index in [2.05, 4.69) is 10.1 Å². The van der Waals surface area contributed by atoms with Crippen molar-refractivity contribution < 1.29 is 23.9 Å². The Kier molecular flexibility index (Phi) is 7.08. The molecule has 188 valence electrons. The third kappa shape index (κ3) is 5.22. The molecule has 0 bridgehead atoms. The van der Waals surface area contributed by atoms with Gasteiger partial charge in [0.05, 0.1) is 29.4 Å². The van der Waals surface area contributed by atoms with E-state index in [0.717, 1.165) is 21.9 Å². The number of nitrogens with one attached hydrogen (secondary N) is 1. The first-order valence-corrected chi connectivity index (χ1v) is 12.0. The number of benzene rings is 4. The molecule has 4 aromatic carbocycles. The molecule has 0 saturated carbocycles. The molecular formula is C31H24N2O5. The number of hydrogen-bond acceptors (Lipinski definition) is 6. The van der Waals surface area contributed by atoms with Gasteiger partial charge in [-0.1, -0.05) is 72.8 Å². The molecule has 0 atom stereocenters. The van der Waals surface area contributed by atoms with E-state index in [-0.39, 0.29) is 6.54 Å². The van der Waals surface area contributed by atoms with E-state index in [0.29, 0.717) is 27.7 Å². The molecule has 0 spiro atoms. The van der Waals surface area contributed by atoms with Gasteiger partial charge in [-0.3, -0.25) is 4.79 Å². The number of pyridine rings is 1. The fraction of sp³-hybridized carbons (Fsp3) is 0.0968. The van der Waals surface area contributed by atoms with Crippen molar-refractivity contribution in [3.63, 3.8) is 0 Å². The SMILES string of the molecule is COC(=O)c1ccc(CNC(=O)COC(=O)c2cc(-c3cccc4ccccc34)nc3ccccc23)cc1. The lowest BCUT2D eigenvalue weighted by atomic mass is 9.99. The van der Waals surface area contributed by atoms with Crippen LogP contribution >= 0.6 is 0 Å². The first-order valence-electron chi connectivity index (χ1n) is 12.0. The van der Waals surface area contributed by atoms with E-state index < -0.39 is 24.5 Å². The Morgan fingerprint density at radius 2 is 1.50 bits per heavy atom. The second-order valence-corrected chi connectivity index (χ2v) is 8.64. The van der Waals surface area contributed by atoms with Crippen molar-refractivity contribution in [2.75, 3.05) is 13.7 Å². The Balaban J connectivity index is 1.32. The number of fused-ring (bicyclic) bond motifs is 2. The molecule has 0 unspecified atom stereocenters. The number of nitrogens with zero attached hydrogens (tertiary/aromatic N) is 1. The lowest BCUT2D eigenvalue weighted by molar-refractivity contribution is -0.124. The fourth-order valence-electron chi connectivity index (χ4n) is 4.27. The van der Waals surface area contributed by atoms with Crippen molar-refractivity contribution in [3.8, 4) is 11.3 Å².